The van der Waals surface area contributed by atoms with Gasteiger partial charge in [0.25, 0.3) is 0 Å². The van der Waals surface area contributed by atoms with Gasteiger partial charge < -0.3 is 15.1 Å². The van der Waals surface area contributed by atoms with Crippen molar-refractivity contribution < 1.29 is 50.7 Å². The Bertz CT molecular complexity index is 15.5. The van der Waals surface area contributed by atoms with Crippen LogP contribution in [0.1, 0.15) is 0 Å². The molecule has 0 unspecified atom stereocenters. The van der Waals surface area contributed by atoms with Crippen LogP contribution in [-0.2, 0) is 0 Å². The van der Waals surface area contributed by atoms with Crippen LogP contribution in [0, 0.1) is 35.6 Å². The topological polar surface area (TPSA) is 69.2 Å². The molecule has 0 aliphatic rings. The minimum atomic E-state index is -2.92. The fourth-order valence-corrected chi connectivity index (χ4v) is 0. The molecular weight excluding hydrogens is 285 g/mol. The number of rotatable bonds is 0. The van der Waals surface area contributed by atoms with Crippen molar-refractivity contribution >= 4 is 52.8 Å². The minimum absolute atomic E-state index is 0. The standard InChI is InChI=1S/BO3.La.Sr/c2-1(3)4;;/q-3;+3;+2. The van der Waals surface area contributed by atoms with E-state index in [4.69, 9.17) is 15.1 Å². The predicted octanol–water partition coefficient (Wildman–Crippen LogP) is -4.33. The second-order valence-electron chi connectivity index (χ2n) is 0.289. The average Bonchev–Trinajstić information content (AvgIpc) is 0.811. The summed E-state index contributed by atoms with van der Waals surface area (Å²) in [5, 5.41) is 25.2. The molecule has 24 valence electrons. The first-order valence-electron chi connectivity index (χ1n) is 0.707. The van der Waals surface area contributed by atoms with Crippen LogP contribution in [0.4, 0.5) is 0 Å². The third-order valence-electron chi connectivity index (χ3n) is 0. The van der Waals surface area contributed by atoms with Crippen molar-refractivity contribution in [1.82, 2.24) is 0 Å². The van der Waals surface area contributed by atoms with E-state index in [2.05, 4.69) is 0 Å². The van der Waals surface area contributed by atoms with Gasteiger partial charge >= 0.3 is 81.1 Å². The monoisotopic (exact) mass is 286 g/mol. The van der Waals surface area contributed by atoms with Crippen molar-refractivity contribution in [2.75, 3.05) is 0 Å². The molecule has 0 rings (SSSR count). The molecule has 0 aromatic rings. The Morgan fingerprint density at radius 2 is 1.00 bits per heavy atom. The molecule has 0 aliphatic heterocycles. The van der Waals surface area contributed by atoms with Gasteiger partial charge in [0.15, 0.2) is 0 Å². The van der Waals surface area contributed by atoms with E-state index < -0.39 is 7.32 Å². The molecular formula is BLaO3Sr+2. The van der Waals surface area contributed by atoms with E-state index in [1.54, 1.807) is 0 Å². The quantitative estimate of drug-likeness (QED) is 0.423. The summed E-state index contributed by atoms with van der Waals surface area (Å²) >= 11 is 0. The third kappa shape index (κ3) is 30.5. The van der Waals surface area contributed by atoms with Crippen molar-refractivity contribution in [1.29, 1.82) is 0 Å². The van der Waals surface area contributed by atoms with Crippen molar-refractivity contribution in [3.8, 4) is 0 Å². The molecule has 3 nitrogen and oxygen atoms in total. The van der Waals surface area contributed by atoms with E-state index in [1.807, 2.05) is 0 Å². The minimum Gasteiger partial charge on any atom is -0.907 e. The van der Waals surface area contributed by atoms with Crippen LogP contribution in [0.2, 0.25) is 0 Å². The molecule has 6 heavy (non-hydrogen) atoms. The molecule has 0 N–H and O–H groups in total. The van der Waals surface area contributed by atoms with E-state index in [1.165, 1.54) is 0 Å². The van der Waals surface area contributed by atoms with E-state index in [-0.39, 0.29) is 81.1 Å². The zero-order valence-corrected chi connectivity index (χ0v) is 10.2. The van der Waals surface area contributed by atoms with Gasteiger partial charge in [-0.1, -0.05) is 0 Å². The number of hydrogen-bond donors (Lipinski definition) is 0. The fourth-order valence-electron chi connectivity index (χ4n) is 0. The van der Waals surface area contributed by atoms with Gasteiger partial charge in [0.05, 0.1) is 0 Å². The van der Waals surface area contributed by atoms with E-state index in [0.717, 1.165) is 0 Å². The second-order valence-corrected chi connectivity index (χ2v) is 0.289. The molecule has 0 bridgehead atoms. The maximum atomic E-state index is 8.42. The Morgan fingerprint density at radius 3 is 1.00 bits per heavy atom. The first-order valence-corrected chi connectivity index (χ1v) is 0.707. The SMILES string of the molecule is [La+3].[O-]B([O-])[O-].[Sr+2]. The molecule has 0 radical (unpaired) electrons. The van der Waals surface area contributed by atoms with E-state index in [0.29, 0.717) is 0 Å². The van der Waals surface area contributed by atoms with Crippen molar-refractivity contribution in [2.24, 2.45) is 0 Å². The van der Waals surface area contributed by atoms with Gasteiger partial charge in [0.1, 0.15) is 0 Å². The molecule has 0 aromatic heterocycles. The zero-order valence-electron chi connectivity index (χ0n) is 3.09. The molecule has 0 amide bonds. The van der Waals surface area contributed by atoms with Crippen LogP contribution in [0.5, 0.6) is 0 Å². The molecule has 0 heterocycles. The normalized spacial score (nSPS) is 4.50. The Balaban J connectivity index is -0.0000000450. The summed E-state index contributed by atoms with van der Waals surface area (Å²) in [4.78, 5) is 0. The van der Waals surface area contributed by atoms with Crippen LogP contribution in [-0.4, -0.2) is 52.8 Å². The Morgan fingerprint density at radius 1 is 1.00 bits per heavy atom. The van der Waals surface area contributed by atoms with Crippen LogP contribution in [0.3, 0.4) is 0 Å². The van der Waals surface area contributed by atoms with Gasteiger partial charge in [-0.2, -0.15) is 0 Å². The van der Waals surface area contributed by atoms with Gasteiger partial charge in [-0.3, -0.25) is 7.32 Å². The molecule has 0 aliphatic carbocycles. The molecule has 0 saturated heterocycles. The first-order chi connectivity index (χ1) is 1.73. The van der Waals surface area contributed by atoms with Crippen LogP contribution in [0.15, 0.2) is 0 Å². The summed E-state index contributed by atoms with van der Waals surface area (Å²) in [6, 6.07) is 0. The van der Waals surface area contributed by atoms with E-state index in [9.17, 15) is 0 Å². The second kappa shape index (κ2) is 10.6. The van der Waals surface area contributed by atoms with Crippen LogP contribution < -0.4 is 15.1 Å². The van der Waals surface area contributed by atoms with Gasteiger partial charge in [-0.15, -0.1) is 0 Å². The Kier molecular flexibility index (Phi) is 27.9. The zero-order chi connectivity index (χ0) is 3.58. The van der Waals surface area contributed by atoms with Gasteiger partial charge in [0.2, 0.25) is 0 Å². The maximum Gasteiger partial charge on any atom is 3.00 e. The van der Waals surface area contributed by atoms with Crippen molar-refractivity contribution in [3.05, 3.63) is 0 Å². The summed E-state index contributed by atoms with van der Waals surface area (Å²) in [5.74, 6) is 0. The summed E-state index contributed by atoms with van der Waals surface area (Å²) in [5.41, 5.74) is 0. The molecule has 6 heteroatoms. The summed E-state index contributed by atoms with van der Waals surface area (Å²) < 4.78 is 0. The predicted molar refractivity (Wildman–Crippen MR) is 11.5 cm³/mol. The van der Waals surface area contributed by atoms with Gasteiger partial charge in [-0.25, -0.2) is 0 Å². The third-order valence-corrected chi connectivity index (χ3v) is 0. The average molecular weight is 285 g/mol. The first kappa shape index (κ1) is 15.8. The fraction of sp³-hybridized carbons (Fsp3) is 0. The molecule has 0 aromatic carbocycles. The molecule has 0 fully saturated rings. The Hall–Kier alpha value is 2.62. The summed E-state index contributed by atoms with van der Waals surface area (Å²) in [6.45, 7) is 0. The molecule has 0 spiro atoms. The number of hydrogen-bond acceptors (Lipinski definition) is 3. The summed E-state index contributed by atoms with van der Waals surface area (Å²) in [6.07, 6.45) is 0. The van der Waals surface area contributed by atoms with Crippen LogP contribution >= 0.6 is 0 Å². The van der Waals surface area contributed by atoms with Crippen molar-refractivity contribution in [3.63, 3.8) is 0 Å². The largest absolute Gasteiger partial charge is 3.00 e. The van der Waals surface area contributed by atoms with E-state index >= 15 is 0 Å². The summed E-state index contributed by atoms with van der Waals surface area (Å²) in [7, 11) is -2.92. The van der Waals surface area contributed by atoms with Crippen LogP contribution in [0.25, 0.3) is 0 Å². The Labute approximate surface area is 101 Å². The maximum absolute atomic E-state index is 8.42. The smallest absolute Gasteiger partial charge is 0.907 e. The molecule has 0 atom stereocenters. The van der Waals surface area contributed by atoms with Crippen molar-refractivity contribution in [2.45, 2.75) is 0 Å². The van der Waals surface area contributed by atoms with Gasteiger partial charge in [-0.05, 0) is 0 Å². The molecule has 0 saturated carbocycles. The van der Waals surface area contributed by atoms with Gasteiger partial charge in [0, 0.05) is 0 Å².